The van der Waals surface area contributed by atoms with Crippen LogP contribution in [0.2, 0.25) is 0 Å². The molecule has 6 nitrogen and oxygen atoms in total. The zero-order valence-corrected chi connectivity index (χ0v) is 12.1. The highest BCUT2D eigenvalue weighted by molar-refractivity contribution is 8.00. The van der Waals surface area contributed by atoms with Gasteiger partial charge in [0.05, 0.1) is 5.75 Å². The van der Waals surface area contributed by atoms with Crippen molar-refractivity contribution < 1.29 is 4.79 Å². The molecule has 19 heavy (non-hydrogen) atoms. The number of carbonyl (C=O) groups is 1. The molecule has 1 aliphatic heterocycles. The maximum absolute atomic E-state index is 11.7. The normalized spacial score (nSPS) is 16.5. The van der Waals surface area contributed by atoms with E-state index in [0.29, 0.717) is 17.5 Å². The van der Waals surface area contributed by atoms with Gasteiger partial charge in [-0.05, 0) is 25.9 Å². The van der Waals surface area contributed by atoms with Gasteiger partial charge in [0, 0.05) is 25.3 Å². The number of hydrogen-bond donors (Lipinski definition) is 2. The van der Waals surface area contributed by atoms with Crippen molar-refractivity contribution in [2.24, 2.45) is 7.05 Å². The number of aromatic nitrogens is 3. The second kappa shape index (κ2) is 7.49. The lowest BCUT2D eigenvalue weighted by Crippen LogP contribution is -2.32. The first-order valence-corrected chi connectivity index (χ1v) is 7.72. The fourth-order valence-corrected chi connectivity index (χ4v) is 3.11. The smallest absolute Gasteiger partial charge is 0.230 e. The van der Waals surface area contributed by atoms with E-state index in [1.165, 1.54) is 0 Å². The van der Waals surface area contributed by atoms with Crippen LogP contribution in [0.4, 0.5) is 0 Å². The molecule has 0 aliphatic carbocycles. The van der Waals surface area contributed by atoms with Gasteiger partial charge in [-0.1, -0.05) is 0 Å². The maximum Gasteiger partial charge on any atom is 0.230 e. The second-order valence-electron chi connectivity index (χ2n) is 4.72. The van der Waals surface area contributed by atoms with Crippen molar-refractivity contribution in [3.8, 4) is 0 Å². The van der Waals surface area contributed by atoms with Crippen molar-refractivity contribution in [2.75, 3.05) is 25.4 Å². The van der Waals surface area contributed by atoms with Crippen LogP contribution < -0.4 is 10.6 Å². The molecule has 0 aromatic carbocycles. The summed E-state index contributed by atoms with van der Waals surface area (Å²) in [6.07, 6.45) is 4.72. The van der Waals surface area contributed by atoms with Crippen LogP contribution in [0.3, 0.4) is 0 Å². The number of piperidine rings is 1. The zero-order valence-electron chi connectivity index (χ0n) is 11.3. The largest absolute Gasteiger partial charge is 0.355 e. The molecule has 1 aromatic heterocycles. The number of carbonyl (C=O) groups excluding carboxylic acids is 1. The minimum Gasteiger partial charge on any atom is -0.355 e. The van der Waals surface area contributed by atoms with Crippen LogP contribution in [0.15, 0.2) is 6.33 Å². The van der Waals surface area contributed by atoms with Crippen molar-refractivity contribution in [1.29, 1.82) is 0 Å². The van der Waals surface area contributed by atoms with Crippen LogP contribution >= 0.6 is 11.8 Å². The van der Waals surface area contributed by atoms with Gasteiger partial charge in [-0.3, -0.25) is 4.79 Å². The van der Waals surface area contributed by atoms with Crippen molar-refractivity contribution >= 4 is 17.7 Å². The van der Waals surface area contributed by atoms with E-state index in [9.17, 15) is 4.79 Å². The van der Waals surface area contributed by atoms with Crippen LogP contribution in [-0.4, -0.2) is 51.3 Å². The lowest BCUT2D eigenvalue weighted by atomic mass is 10.2. The van der Waals surface area contributed by atoms with E-state index in [1.54, 1.807) is 18.1 Å². The van der Waals surface area contributed by atoms with Crippen molar-refractivity contribution in [1.82, 2.24) is 25.4 Å². The number of rotatable bonds is 6. The first kappa shape index (κ1) is 14.3. The Labute approximate surface area is 117 Å². The molecule has 1 aromatic rings. The summed E-state index contributed by atoms with van der Waals surface area (Å²) in [7, 11) is 1.91. The molecule has 2 heterocycles. The molecule has 0 atom stereocenters. The highest BCUT2D eigenvalue weighted by Gasteiger charge is 2.14. The first-order chi connectivity index (χ1) is 9.25. The van der Waals surface area contributed by atoms with Gasteiger partial charge < -0.3 is 15.2 Å². The fourth-order valence-electron chi connectivity index (χ4n) is 2.05. The van der Waals surface area contributed by atoms with Gasteiger partial charge in [0.1, 0.15) is 12.2 Å². The van der Waals surface area contributed by atoms with E-state index in [2.05, 4.69) is 20.8 Å². The standard InChI is InChI=1S/C12H21N5OS/c1-17-9-15-16-11(17)4-7-14-12(18)8-19-10-2-5-13-6-3-10/h9-10,13H,2-8H2,1H3,(H,14,18). The number of nitrogens with zero attached hydrogens (tertiary/aromatic N) is 3. The van der Waals surface area contributed by atoms with E-state index >= 15 is 0 Å². The van der Waals surface area contributed by atoms with Gasteiger partial charge in [0.25, 0.3) is 0 Å². The molecule has 0 saturated carbocycles. The summed E-state index contributed by atoms with van der Waals surface area (Å²) in [6.45, 7) is 2.77. The van der Waals surface area contributed by atoms with E-state index in [1.807, 2.05) is 11.6 Å². The van der Waals surface area contributed by atoms with E-state index < -0.39 is 0 Å². The van der Waals surface area contributed by atoms with Crippen molar-refractivity contribution in [3.63, 3.8) is 0 Å². The third kappa shape index (κ3) is 4.83. The van der Waals surface area contributed by atoms with Crippen LogP contribution in [0, 0.1) is 0 Å². The Balaban J connectivity index is 1.58. The molecule has 2 N–H and O–H groups in total. The van der Waals surface area contributed by atoms with Gasteiger partial charge in [-0.25, -0.2) is 0 Å². The molecule has 1 aliphatic rings. The summed E-state index contributed by atoms with van der Waals surface area (Å²) in [5, 5.41) is 14.7. The summed E-state index contributed by atoms with van der Waals surface area (Å²) in [5.41, 5.74) is 0. The lowest BCUT2D eigenvalue weighted by Gasteiger charge is -2.21. The van der Waals surface area contributed by atoms with Crippen LogP contribution in [0.1, 0.15) is 18.7 Å². The van der Waals surface area contributed by atoms with E-state index in [4.69, 9.17) is 0 Å². The highest BCUT2D eigenvalue weighted by atomic mass is 32.2. The summed E-state index contributed by atoms with van der Waals surface area (Å²) < 4.78 is 1.87. The monoisotopic (exact) mass is 283 g/mol. The Hall–Kier alpha value is -1.08. The van der Waals surface area contributed by atoms with Crippen molar-refractivity contribution in [2.45, 2.75) is 24.5 Å². The SMILES string of the molecule is Cn1cnnc1CCNC(=O)CSC1CCNCC1. The van der Waals surface area contributed by atoms with Crippen LogP contribution in [0.25, 0.3) is 0 Å². The quantitative estimate of drug-likeness (QED) is 0.766. The highest BCUT2D eigenvalue weighted by Crippen LogP contribution is 2.19. The van der Waals surface area contributed by atoms with Gasteiger partial charge in [-0.2, -0.15) is 0 Å². The van der Waals surface area contributed by atoms with Gasteiger partial charge in [-0.15, -0.1) is 22.0 Å². The molecular formula is C12H21N5OS. The third-order valence-corrected chi connectivity index (χ3v) is 4.58. The molecule has 2 rings (SSSR count). The fraction of sp³-hybridized carbons (Fsp3) is 0.750. The Morgan fingerprint density at radius 1 is 1.58 bits per heavy atom. The molecule has 1 amide bonds. The number of thioether (sulfide) groups is 1. The zero-order chi connectivity index (χ0) is 13.5. The molecule has 1 saturated heterocycles. The predicted molar refractivity (Wildman–Crippen MR) is 76.1 cm³/mol. The summed E-state index contributed by atoms with van der Waals surface area (Å²) in [6, 6.07) is 0. The van der Waals surface area contributed by atoms with Crippen LogP contribution in [-0.2, 0) is 18.3 Å². The minimum atomic E-state index is 0.116. The minimum absolute atomic E-state index is 0.116. The van der Waals surface area contributed by atoms with Gasteiger partial charge in [0.2, 0.25) is 5.91 Å². The van der Waals surface area contributed by atoms with Gasteiger partial charge >= 0.3 is 0 Å². The average Bonchev–Trinajstić information content (AvgIpc) is 2.83. The Kier molecular flexibility index (Phi) is 5.65. The molecule has 7 heteroatoms. The number of aryl methyl sites for hydroxylation is 1. The molecule has 0 radical (unpaired) electrons. The molecule has 0 unspecified atom stereocenters. The Bertz CT molecular complexity index is 403. The first-order valence-electron chi connectivity index (χ1n) is 6.67. The second-order valence-corrected chi connectivity index (χ2v) is 6.01. The summed E-state index contributed by atoms with van der Waals surface area (Å²) in [4.78, 5) is 11.7. The lowest BCUT2D eigenvalue weighted by molar-refractivity contribution is -0.118. The molecule has 0 bridgehead atoms. The molecule has 0 spiro atoms. The average molecular weight is 283 g/mol. The predicted octanol–water partition coefficient (Wildman–Crippen LogP) is -0.0410. The Morgan fingerprint density at radius 2 is 2.37 bits per heavy atom. The van der Waals surface area contributed by atoms with Crippen LogP contribution in [0.5, 0.6) is 0 Å². The van der Waals surface area contributed by atoms with Crippen molar-refractivity contribution in [3.05, 3.63) is 12.2 Å². The Morgan fingerprint density at radius 3 is 3.05 bits per heavy atom. The number of amides is 1. The summed E-state index contributed by atoms with van der Waals surface area (Å²) >= 11 is 1.77. The number of nitrogens with one attached hydrogen (secondary N) is 2. The summed E-state index contributed by atoms with van der Waals surface area (Å²) in [5.74, 6) is 1.57. The van der Waals surface area contributed by atoms with E-state index in [-0.39, 0.29) is 5.91 Å². The molecular weight excluding hydrogens is 262 g/mol. The molecule has 106 valence electrons. The van der Waals surface area contributed by atoms with Gasteiger partial charge in [0.15, 0.2) is 0 Å². The molecule has 1 fully saturated rings. The van der Waals surface area contributed by atoms with E-state index in [0.717, 1.165) is 38.2 Å². The third-order valence-electron chi connectivity index (χ3n) is 3.21. The maximum atomic E-state index is 11.7. The number of hydrogen-bond acceptors (Lipinski definition) is 5. The topological polar surface area (TPSA) is 71.8 Å².